The Morgan fingerprint density at radius 3 is 2.59 bits per heavy atom. The van der Waals surface area contributed by atoms with Gasteiger partial charge in [-0.2, -0.15) is 0 Å². The number of anilines is 3. The minimum atomic E-state index is 0.0762. The van der Waals surface area contributed by atoms with Gasteiger partial charge >= 0.3 is 0 Å². The molecule has 2 aromatic heterocycles. The molecule has 0 amide bonds. The zero-order chi connectivity index (χ0) is 27.9. The normalized spacial score (nSPS) is 19.3. The second-order valence-electron chi connectivity index (χ2n) is 11.3. The summed E-state index contributed by atoms with van der Waals surface area (Å²) in [5.74, 6) is 3.17. The van der Waals surface area contributed by atoms with Gasteiger partial charge in [-0.05, 0) is 74.2 Å². The summed E-state index contributed by atoms with van der Waals surface area (Å²) in [6.07, 6.45) is 3.49. The summed E-state index contributed by atoms with van der Waals surface area (Å²) in [6, 6.07) is 18.7. The van der Waals surface area contributed by atoms with E-state index < -0.39 is 0 Å². The number of hydrogen-bond acceptors (Lipinski definition) is 7. The van der Waals surface area contributed by atoms with Gasteiger partial charge in [-0.15, -0.1) is 0 Å². The van der Waals surface area contributed by atoms with Crippen LogP contribution < -0.4 is 9.80 Å². The van der Waals surface area contributed by atoms with E-state index in [1.807, 2.05) is 18.2 Å². The van der Waals surface area contributed by atoms with E-state index in [-0.39, 0.29) is 11.9 Å². The smallest absolute Gasteiger partial charge is 0.159 e. The van der Waals surface area contributed by atoms with E-state index in [9.17, 15) is 4.79 Å². The van der Waals surface area contributed by atoms with Crippen LogP contribution in [0, 0.1) is 0 Å². The van der Waals surface area contributed by atoms with Crippen LogP contribution in [0.1, 0.15) is 41.5 Å². The summed E-state index contributed by atoms with van der Waals surface area (Å²) in [7, 11) is 0. The number of rotatable bonds is 7. The Kier molecular flexibility index (Phi) is 7.27. The molecule has 5 heterocycles. The SMILES string of the molecule is CC(=O)c1ccc2nc(CN3CCN(c4cccc(N5CCCc6c(Br)cccc65)n4)CC3)n(C[C@@H]3CCO3)c2c1. The lowest BCUT2D eigenvalue weighted by molar-refractivity contribution is -0.0592. The Hall–Kier alpha value is -3.27. The predicted octanol–water partition coefficient (Wildman–Crippen LogP) is 5.59. The zero-order valence-corrected chi connectivity index (χ0v) is 25.0. The van der Waals surface area contributed by atoms with E-state index in [1.165, 1.54) is 15.7 Å². The molecule has 41 heavy (non-hydrogen) atoms. The van der Waals surface area contributed by atoms with Crippen molar-refractivity contribution in [3.8, 4) is 0 Å². The standard InChI is InChI=1S/C32H35BrN6O2/c1-22(40)23-10-11-27-29(19-23)39(20-24-12-18-41-24)32(34-27)21-36-14-16-37(17-15-36)30-8-3-9-31(35-30)38-13-4-5-25-26(33)6-2-7-28(25)38/h2-3,6-11,19,24H,4-5,12-18,20-21H2,1H3/t24-/m0/s1. The van der Waals surface area contributed by atoms with Crippen molar-refractivity contribution < 1.29 is 9.53 Å². The van der Waals surface area contributed by atoms with Gasteiger partial charge in [-0.3, -0.25) is 9.69 Å². The number of fused-ring (bicyclic) bond motifs is 2. The van der Waals surface area contributed by atoms with Gasteiger partial charge in [0.05, 0.1) is 30.2 Å². The van der Waals surface area contributed by atoms with Gasteiger partial charge in [-0.25, -0.2) is 9.97 Å². The molecule has 0 unspecified atom stereocenters. The summed E-state index contributed by atoms with van der Waals surface area (Å²) < 4.78 is 9.22. The highest BCUT2D eigenvalue weighted by Gasteiger charge is 2.26. The summed E-state index contributed by atoms with van der Waals surface area (Å²) >= 11 is 3.74. The molecule has 9 heteroatoms. The molecule has 0 bridgehead atoms. The monoisotopic (exact) mass is 614 g/mol. The first-order valence-corrected chi connectivity index (χ1v) is 15.4. The summed E-state index contributed by atoms with van der Waals surface area (Å²) in [5.41, 5.74) is 5.31. The van der Waals surface area contributed by atoms with Crippen LogP contribution in [0.4, 0.5) is 17.3 Å². The number of imidazole rings is 1. The third-order valence-corrected chi connectivity index (χ3v) is 9.41. The molecule has 2 fully saturated rings. The van der Waals surface area contributed by atoms with Crippen molar-refractivity contribution in [3.63, 3.8) is 0 Å². The van der Waals surface area contributed by atoms with E-state index >= 15 is 0 Å². The fourth-order valence-corrected chi connectivity index (χ4v) is 6.80. The number of aromatic nitrogens is 3. The number of halogens is 1. The topological polar surface area (TPSA) is 66.7 Å². The number of carbonyl (C=O) groups is 1. The molecule has 7 rings (SSSR count). The lowest BCUT2D eigenvalue weighted by atomic mass is 10.0. The number of pyridine rings is 1. The molecule has 2 aromatic carbocycles. The van der Waals surface area contributed by atoms with Crippen LogP contribution in [-0.2, 0) is 24.2 Å². The molecule has 3 aliphatic heterocycles. The molecule has 212 valence electrons. The van der Waals surface area contributed by atoms with Gasteiger partial charge in [0.15, 0.2) is 5.78 Å². The Morgan fingerprint density at radius 1 is 1.00 bits per heavy atom. The minimum Gasteiger partial charge on any atom is -0.376 e. The molecule has 0 saturated carbocycles. The van der Waals surface area contributed by atoms with Gasteiger partial charge in [0.2, 0.25) is 0 Å². The molecule has 4 aromatic rings. The van der Waals surface area contributed by atoms with Gasteiger partial charge in [-0.1, -0.05) is 28.1 Å². The molecule has 0 radical (unpaired) electrons. The van der Waals surface area contributed by atoms with Crippen LogP contribution >= 0.6 is 15.9 Å². The van der Waals surface area contributed by atoms with E-state index in [0.29, 0.717) is 0 Å². The molecule has 1 atom stereocenters. The average molecular weight is 616 g/mol. The Labute approximate surface area is 249 Å². The van der Waals surface area contributed by atoms with E-state index in [4.69, 9.17) is 14.7 Å². The maximum atomic E-state index is 12.1. The molecule has 0 spiro atoms. The molecule has 0 N–H and O–H groups in total. The highest BCUT2D eigenvalue weighted by Crippen LogP contribution is 2.37. The van der Waals surface area contributed by atoms with Crippen LogP contribution in [-0.4, -0.2) is 70.7 Å². The Balaban J connectivity index is 1.06. The van der Waals surface area contributed by atoms with Crippen molar-refractivity contribution in [2.24, 2.45) is 0 Å². The molecule has 2 saturated heterocycles. The Morgan fingerprint density at radius 2 is 1.80 bits per heavy atom. The quantitative estimate of drug-likeness (QED) is 0.251. The van der Waals surface area contributed by atoms with E-state index in [1.54, 1.807) is 6.92 Å². The lowest BCUT2D eigenvalue weighted by Crippen LogP contribution is -2.46. The first-order valence-electron chi connectivity index (χ1n) is 14.6. The first kappa shape index (κ1) is 26.6. The zero-order valence-electron chi connectivity index (χ0n) is 23.4. The predicted molar refractivity (Wildman–Crippen MR) is 165 cm³/mol. The van der Waals surface area contributed by atoms with Gasteiger partial charge in [0.25, 0.3) is 0 Å². The summed E-state index contributed by atoms with van der Waals surface area (Å²) in [6.45, 7) is 8.68. The molecule has 8 nitrogen and oxygen atoms in total. The van der Waals surface area contributed by atoms with Crippen molar-refractivity contribution >= 4 is 50.1 Å². The van der Waals surface area contributed by atoms with Crippen LogP contribution in [0.15, 0.2) is 59.1 Å². The largest absolute Gasteiger partial charge is 0.376 e. The number of ketones is 1. The van der Waals surface area contributed by atoms with Gasteiger partial charge in [0.1, 0.15) is 17.5 Å². The van der Waals surface area contributed by atoms with Crippen molar-refractivity contribution in [1.82, 2.24) is 19.4 Å². The third kappa shape index (κ3) is 5.27. The number of nitrogens with zero attached hydrogens (tertiary/aromatic N) is 6. The number of hydrogen-bond donors (Lipinski definition) is 0. The summed E-state index contributed by atoms with van der Waals surface area (Å²) in [5, 5.41) is 0. The lowest BCUT2D eigenvalue weighted by Gasteiger charge is -2.36. The highest BCUT2D eigenvalue weighted by molar-refractivity contribution is 9.10. The van der Waals surface area contributed by atoms with Crippen molar-refractivity contribution in [2.45, 2.75) is 45.4 Å². The number of carbonyl (C=O) groups excluding carboxylic acids is 1. The van der Waals surface area contributed by atoms with Crippen molar-refractivity contribution in [1.29, 1.82) is 0 Å². The fourth-order valence-electron chi connectivity index (χ4n) is 6.24. The average Bonchev–Trinajstić information content (AvgIpc) is 3.31. The van der Waals surface area contributed by atoms with Crippen molar-refractivity contribution in [2.75, 3.05) is 49.1 Å². The van der Waals surface area contributed by atoms with Gasteiger partial charge in [0, 0.05) is 55.1 Å². The number of benzene rings is 2. The number of Topliss-reactive ketones (excluding diaryl/α,β-unsaturated/α-hetero) is 1. The highest BCUT2D eigenvalue weighted by atomic mass is 79.9. The molecule has 3 aliphatic rings. The number of piperazine rings is 1. The fraction of sp³-hybridized carbons (Fsp3) is 0.406. The number of ether oxygens (including phenoxy) is 1. The maximum Gasteiger partial charge on any atom is 0.159 e. The molecular weight excluding hydrogens is 580 g/mol. The van der Waals surface area contributed by atoms with Crippen LogP contribution in [0.5, 0.6) is 0 Å². The molecular formula is C32H35BrN6O2. The first-order chi connectivity index (χ1) is 20.0. The van der Waals surface area contributed by atoms with Gasteiger partial charge < -0.3 is 19.1 Å². The second kappa shape index (κ2) is 11.2. The van der Waals surface area contributed by atoms with Crippen LogP contribution in [0.2, 0.25) is 0 Å². The Bertz CT molecular complexity index is 1590. The van der Waals surface area contributed by atoms with E-state index in [0.717, 1.165) is 106 Å². The summed E-state index contributed by atoms with van der Waals surface area (Å²) in [4.78, 5) is 29.4. The molecule has 0 aliphatic carbocycles. The second-order valence-corrected chi connectivity index (χ2v) is 12.1. The van der Waals surface area contributed by atoms with Crippen LogP contribution in [0.25, 0.3) is 11.0 Å². The maximum absolute atomic E-state index is 12.1. The van der Waals surface area contributed by atoms with Crippen molar-refractivity contribution in [3.05, 3.63) is 76.0 Å². The third-order valence-electron chi connectivity index (χ3n) is 8.66. The van der Waals surface area contributed by atoms with E-state index in [2.05, 4.69) is 71.6 Å². The minimum absolute atomic E-state index is 0.0762. The van der Waals surface area contributed by atoms with Crippen LogP contribution in [0.3, 0.4) is 0 Å².